The van der Waals surface area contributed by atoms with E-state index >= 15 is 0 Å². The van der Waals surface area contributed by atoms with E-state index in [2.05, 4.69) is 0 Å². The van der Waals surface area contributed by atoms with E-state index in [1.807, 2.05) is 0 Å². The number of carboxylic acid groups (broad SMARTS) is 15. The second kappa shape index (κ2) is 248. The molecular formula is C48H117Gd5N18O30. The van der Waals surface area contributed by atoms with Gasteiger partial charge in [0.1, 0.15) is 0 Å². The number of carbonyl (C=O) groups excluding carboxylic acids is 15. The summed E-state index contributed by atoms with van der Waals surface area (Å²) in [4.78, 5) is 133. The van der Waals surface area contributed by atoms with Crippen LogP contribution in [0.4, 0.5) is 0 Å². The molecule has 0 unspecified atom stereocenters. The van der Waals surface area contributed by atoms with E-state index in [1.165, 1.54) is 0 Å². The Kier molecular flexibility index (Phi) is 476. The van der Waals surface area contributed by atoms with Crippen LogP contribution in [0.15, 0.2) is 0 Å². The molecule has 0 fully saturated rings. The number of nitrogens with two attached hydrogens (primary N) is 18. The van der Waals surface area contributed by atoms with Gasteiger partial charge in [0.15, 0.2) is 0 Å². The number of aliphatic carboxylic acids is 15. The summed E-state index contributed by atoms with van der Waals surface area (Å²) in [6.07, 6.45) is 0. The monoisotopic (exact) mass is 2220 g/mol. The summed E-state index contributed by atoms with van der Waals surface area (Å²) in [5, 5.41) is 133. The Morgan fingerprint density at radius 3 is 0.139 bits per heavy atom. The summed E-state index contributed by atoms with van der Waals surface area (Å²) in [5.41, 5.74) is 88.2. The van der Waals surface area contributed by atoms with Gasteiger partial charge < -0.3 is 252 Å². The van der Waals surface area contributed by atoms with Crippen molar-refractivity contribution in [1.82, 2.24) is 0 Å². The van der Waals surface area contributed by atoms with Crippen molar-refractivity contribution in [2.75, 3.05) is 118 Å². The van der Waals surface area contributed by atoms with E-state index < -0.39 is 89.5 Å². The fraction of sp³-hybridized carbons (Fsp3) is 0.688. The van der Waals surface area contributed by atoms with Gasteiger partial charge in [-0.15, -0.1) is 0 Å². The van der Waals surface area contributed by atoms with E-state index in [1.54, 1.807) is 0 Å². The number of carbonyl (C=O) groups is 15. The first kappa shape index (κ1) is 194. The normalized spacial score (nSPS) is 6.39. The molecule has 619 valence electrons. The van der Waals surface area contributed by atoms with Crippen LogP contribution >= 0.6 is 0 Å². The quantitative estimate of drug-likeness (QED) is 0.102. The standard InChI is InChI=1S/9C2H8N2.15C2H4O2.5Gd/c9*3-1-2-4;15*1-2(3)4;;;;;/h9*1-4H2;15*1H3,(H,3,4);;;;;/q;;;;;;;;;;;;;;;;;;;;;;;;5*+3/p-15. The Bertz CT molecular complexity index is 1080. The predicted octanol–water partition coefficient (Wildman–Crippen LogP) is -28.5. The minimum atomic E-state index is -1.08. The summed E-state index contributed by atoms with van der Waals surface area (Å²) in [5.74, 6) is -16.3. The van der Waals surface area contributed by atoms with Crippen molar-refractivity contribution in [3.05, 3.63) is 0 Å². The zero-order chi connectivity index (χ0) is 84.4. The van der Waals surface area contributed by atoms with Crippen LogP contribution in [-0.4, -0.2) is 207 Å². The molecule has 0 saturated carbocycles. The minimum absolute atomic E-state index is 0. The summed E-state index contributed by atoms with van der Waals surface area (Å²) in [6, 6.07) is 0. The molecule has 0 heterocycles. The van der Waals surface area contributed by atoms with Gasteiger partial charge in [0.05, 0.1) is 0 Å². The van der Waals surface area contributed by atoms with Gasteiger partial charge in [0.25, 0.3) is 0 Å². The zero-order valence-corrected chi connectivity index (χ0v) is 71.0. The summed E-state index contributed by atoms with van der Waals surface area (Å²) in [7, 11) is 0. The second-order valence-electron chi connectivity index (χ2n) is 12.6. The SMILES string of the molecule is CC(=O)[O-].CC(=O)[O-].CC(=O)[O-].CC(=O)[O-].CC(=O)[O-].CC(=O)[O-].CC(=O)[O-].CC(=O)[O-].CC(=O)[O-].CC(=O)[O-].CC(=O)[O-].CC(=O)[O-].CC(=O)[O-].CC(=O)[O-].CC(=O)[O-].NCCN.NCCN.NCCN.NCCN.NCCN.NCCN.NCCN.NCCN.NCCN.[Gd+3].[Gd+3].[Gd+3].[Gd+3].[Gd+3]. The average molecular weight is 2210 g/mol. The largest absolute Gasteiger partial charge is 3.00 e. The molecule has 0 aromatic carbocycles. The molecule has 48 nitrogen and oxygen atoms in total. The number of hydrogen-bond acceptors (Lipinski definition) is 48. The van der Waals surface area contributed by atoms with Crippen molar-refractivity contribution >= 4 is 89.5 Å². The van der Waals surface area contributed by atoms with Gasteiger partial charge in [-0.2, -0.15) is 0 Å². The third-order valence-corrected chi connectivity index (χ3v) is 1.50. The zero-order valence-electron chi connectivity index (χ0n) is 59.6. The third kappa shape index (κ3) is 18700. The number of rotatable bonds is 9. The second-order valence-corrected chi connectivity index (χ2v) is 12.6. The van der Waals surface area contributed by atoms with Crippen molar-refractivity contribution in [1.29, 1.82) is 0 Å². The molecule has 0 aliphatic carbocycles. The van der Waals surface area contributed by atoms with Crippen LogP contribution in [0, 0.1) is 200 Å². The first-order valence-electron chi connectivity index (χ1n) is 25.5. The molecule has 0 rings (SSSR count). The Labute approximate surface area is 752 Å². The van der Waals surface area contributed by atoms with Crippen LogP contribution in [0.2, 0.25) is 0 Å². The molecule has 5 radical (unpaired) electrons. The van der Waals surface area contributed by atoms with Crippen LogP contribution < -0.4 is 180 Å². The van der Waals surface area contributed by atoms with Gasteiger partial charge in [-0.3, -0.25) is 0 Å². The Hall–Kier alpha value is -2.05. The first-order valence-corrected chi connectivity index (χ1v) is 25.5. The summed E-state index contributed by atoms with van der Waals surface area (Å²) < 4.78 is 0. The molecule has 0 amide bonds. The number of carboxylic acids is 15. The summed E-state index contributed by atoms with van der Waals surface area (Å²) >= 11 is 0. The molecule has 0 aromatic heterocycles. The molecule has 0 aliphatic heterocycles. The van der Waals surface area contributed by atoms with E-state index in [-0.39, 0.29) is 200 Å². The van der Waals surface area contributed by atoms with Crippen LogP contribution in [-0.2, 0) is 71.9 Å². The third-order valence-electron chi connectivity index (χ3n) is 1.50. The molecule has 0 spiro atoms. The maximum absolute atomic E-state index is 8.89. The van der Waals surface area contributed by atoms with Crippen molar-refractivity contribution < 1.29 is 348 Å². The van der Waals surface area contributed by atoms with E-state index in [0.717, 1.165) is 104 Å². The van der Waals surface area contributed by atoms with E-state index in [9.17, 15) is 0 Å². The molecule has 0 saturated heterocycles. The van der Waals surface area contributed by atoms with Crippen LogP contribution in [0.25, 0.3) is 0 Å². The molecule has 36 N–H and O–H groups in total. The van der Waals surface area contributed by atoms with Gasteiger partial charge in [0.2, 0.25) is 0 Å². The Morgan fingerprint density at radius 1 is 0.129 bits per heavy atom. The van der Waals surface area contributed by atoms with Crippen molar-refractivity contribution in [3.63, 3.8) is 0 Å². The predicted molar refractivity (Wildman–Crippen MR) is 323 cm³/mol. The molecule has 101 heavy (non-hydrogen) atoms. The first-order chi connectivity index (χ1) is 43.2. The maximum Gasteiger partial charge on any atom is 3.00 e. The van der Waals surface area contributed by atoms with Crippen LogP contribution in [0.1, 0.15) is 104 Å². The Balaban J connectivity index is -0.0000000198. The van der Waals surface area contributed by atoms with Crippen LogP contribution in [0.3, 0.4) is 0 Å². The van der Waals surface area contributed by atoms with Gasteiger partial charge in [-0.25, -0.2) is 0 Å². The molecule has 0 bridgehead atoms. The molecule has 0 atom stereocenters. The van der Waals surface area contributed by atoms with Crippen molar-refractivity contribution in [3.8, 4) is 0 Å². The van der Waals surface area contributed by atoms with Gasteiger partial charge in [0, 0.05) is 207 Å². The summed E-state index contributed by atoms with van der Waals surface area (Å²) in [6.45, 7) is 25.3. The van der Waals surface area contributed by atoms with Gasteiger partial charge >= 0.3 is 200 Å². The van der Waals surface area contributed by atoms with E-state index in [0.29, 0.717) is 118 Å². The van der Waals surface area contributed by atoms with E-state index in [4.69, 9.17) is 252 Å². The van der Waals surface area contributed by atoms with Gasteiger partial charge in [-0.1, -0.05) is 0 Å². The average Bonchev–Trinajstić information content (AvgIpc) is 3.39. The van der Waals surface area contributed by atoms with Crippen molar-refractivity contribution in [2.45, 2.75) is 104 Å². The van der Waals surface area contributed by atoms with Crippen molar-refractivity contribution in [2.24, 2.45) is 103 Å². The minimum Gasteiger partial charge on any atom is -0.550 e. The fourth-order valence-electron chi connectivity index (χ4n) is 0. The molecule has 53 heteroatoms. The molecule has 0 aliphatic rings. The molecule has 0 aromatic rings. The van der Waals surface area contributed by atoms with Gasteiger partial charge in [-0.05, 0) is 104 Å². The fourth-order valence-corrected chi connectivity index (χ4v) is 0. The smallest absolute Gasteiger partial charge is 0.550 e. The number of hydrogen-bond donors (Lipinski definition) is 18. The maximum atomic E-state index is 8.89. The van der Waals surface area contributed by atoms with Crippen LogP contribution in [0.5, 0.6) is 0 Å². The topological polar surface area (TPSA) is 1070 Å². The molecular weight excluding hydrogens is 2090 g/mol. The Morgan fingerprint density at radius 2 is 0.139 bits per heavy atom.